The number of hydrogen-bond acceptors (Lipinski definition) is 3. The molecule has 1 aliphatic heterocycles. The second kappa shape index (κ2) is 5.10. The highest BCUT2D eigenvalue weighted by atomic mass is 16.3. The summed E-state index contributed by atoms with van der Waals surface area (Å²) in [6.45, 7) is 2.61. The van der Waals surface area contributed by atoms with E-state index >= 15 is 0 Å². The summed E-state index contributed by atoms with van der Waals surface area (Å²) in [5.74, 6) is 0.115. The Balaban J connectivity index is 2.48. The molecule has 0 spiro atoms. The molecule has 1 aliphatic rings. The minimum atomic E-state index is -0.0635. The average Bonchev–Trinajstić information content (AvgIpc) is 2.48. The van der Waals surface area contributed by atoms with E-state index < -0.39 is 0 Å². The third-order valence-electron chi connectivity index (χ3n) is 2.71. The maximum absolute atomic E-state index is 11.3. The third-order valence-corrected chi connectivity index (χ3v) is 2.71. The molecule has 4 heteroatoms. The van der Waals surface area contributed by atoms with Gasteiger partial charge in [0.1, 0.15) is 0 Å². The van der Waals surface area contributed by atoms with Gasteiger partial charge in [-0.2, -0.15) is 0 Å². The Morgan fingerprint density at radius 1 is 1.36 bits per heavy atom. The molecule has 1 fully saturated rings. The zero-order valence-corrected chi connectivity index (χ0v) is 8.53. The van der Waals surface area contributed by atoms with Crippen LogP contribution in [0.15, 0.2) is 0 Å². The van der Waals surface area contributed by atoms with Gasteiger partial charge >= 0.3 is 0 Å². The van der Waals surface area contributed by atoms with Crippen LogP contribution in [0, 0.1) is 5.92 Å². The number of aliphatic hydroxyl groups excluding tert-OH is 1. The van der Waals surface area contributed by atoms with Gasteiger partial charge in [-0.3, -0.25) is 14.5 Å². The number of imide groups is 1. The van der Waals surface area contributed by atoms with Crippen molar-refractivity contribution in [1.82, 2.24) is 4.90 Å². The van der Waals surface area contributed by atoms with E-state index in [9.17, 15) is 9.59 Å². The van der Waals surface area contributed by atoms with E-state index in [1.165, 1.54) is 4.90 Å². The SMILES string of the molecule is CCC(CCO)CN1C(=O)CCC1=O. The lowest BCUT2D eigenvalue weighted by Crippen LogP contribution is -2.34. The van der Waals surface area contributed by atoms with Crippen LogP contribution in [0.1, 0.15) is 32.6 Å². The molecule has 1 unspecified atom stereocenters. The summed E-state index contributed by atoms with van der Waals surface area (Å²) in [5.41, 5.74) is 0. The van der Waals surface area contributed by atoms with Crippen molar-refractivity contribution < 1.29 is 14.7 Å². The molecule has 0 bridgehead atoms. The number of carbonyl (C=O) groups is 2. The lowest BCUT2D eigenvalue weighted by molar-refractivity contribution is -0.139. The van der Waals surface area contributed by atoms with Gasteiger partial charge in [0.15, 0.2) is 0 Å². The molecule has 1 N–H and O–H groups in total. The first-order chi connectivity index (χ1) is 6.69. The van der Waals surface area contributed by atoms with Crippen LogP contribution in [0.25, 0.3) is 0 Å². The summed E-state index contributed by atoms with van der Waals surface area (Å²) in [6.07, 6.45) is 2.26. The number of hydrogen-bond donors (Lipinski definition) is 1. The number of nitrogens with zero attached hydrogens (tertiary/aromatic N) is 1. The van der Waals surface area contributed by atoms with Gasteiger partial charge < -0.3 is 5.11 Å². The predicted octanol–water partition coefficient (Wildman–Crippen LogP) is 0.544. The van der Waals surface area contributed by atoms with Crippen molar-refractivity contribution >= 4 is 11.8 Å². The fraction of sp³-hybridized carbons (Fsp3) is 0.800. The predicted molar refractivity (Wildman–Crippen MR) is 51.4 cm³/mol. The summed E-state index contributed by atoms with van der Waals surface area (Å²) in [4.78, 5) is 23.9. The second-order valence-electron chi connectivity index (χ2n) is 3.68. The first kappa shape index (κ1) is 11.2. The molecule has 14 heavy (non-hydrogen) atoms. The Hall–Kier alpha value is -0.900. The number of aliphatic hydroxyl groups is 1. The van der Waals surface area contributed by atoms with Gasteiger partial charge in [-0.05, 0) is 12.3 Å². The third kappa shape index (κ3) is 2.54. The van der Waals surface area contributed by atoms with Crippen molar-refractivity contribution in [2.75, 3.05) is 13.2 Å². The zero-order chi connectivity index (χ0) is 10.6. The fourth-order valence-electron chi connectivity index (χ4n) is 1.69. The molecule has 1 heterocycles. The van der Waals surface area contributed by atoms with E-state index in [0.29, 0.717) is 25.8 Å². The van der Waals surface area contributed by atoms with Crippen LogP contribution in [-0.2, 0) is 9.59 Å². The normalized spacial score (nSPS) is 19.1. The standard InChI is InChI=1S/C10H17NO3/c1-2-8(5-6-12)7-11-9(13)3-4-10(11)14/h8,12H,2-7H2,1H3. The molecule has 4 nitrogen and oxygen atoms in total. The van der Waals surface area contributed by atoms with E-state index in [0.717, 1.165) is 6.42 Å². The highest BCUT2D eigenvalue weighted by Gasteiger charge is 2.30. The van der Waals surface area contributed by atoms with Gasteiger partial charge in [0.2, 0.25) is 11.8 Å². The monoisotopic (exact) mass is 199 g/mol. The minimum Gasteiger partial charge on any atom is -0.396 e. The lowest BCUT2D eigenvalue weighted by Gasteiger charge is -2.20. The van der Waals surface area contributed by atoms with Crippen molar-refractivity contribution in [2.45, 2.75) is 32.6 Å². The second-order valence-corrected chi connectivity index (χ2v) is 3.68. The van der Waals surface area contributed by atoms with E-state index in [1.54, 1.807) is 0 Å². The molecule has 1 rings (SSSR count). The summed E-state index contributed by atoms with van der Waals surface area (Å²) in [6, 6.07) is 0. The minimum absolute atomic E-state index is 0.0635. The van der Waals surface area contributed by atoms with Crippen molar-refractivity contribution in [3.63, 3.8) is 0 Å². The van der Waals surface area contributed by atoms with Crippen molar-refractivity contribution in [3.8, 4) is 0 Å². The van der Waals surface area contributed by atoms with Crippen molar-refractivity contribution in [2.24, 2.45) is 5.92 Å². The van der Waals surface area contributed by atoms with Crippen LogP contribution in [-0.4, -0.2) is 35.0 Å². The molecule has 0 aromatic rings. The van der Waals surface area contributed by atoms with E-state index in [4.69, 9.17) is 5.11 Å². The Kier molecular flexibility index (Phi) is 4.07. The van der Waals surface area contributed by atoms with Crippen molar-refractivity contribution in [1.29, 1.82) is 0 Å². The molecule has 0 saturated carbocycles. The Bertz CT molecular complexity index is 211. The zero-order valence-electron chi connectivity index (χ0n) is 8.53. The van der Waals surface area contributed by atoms with Gasteiger partial charge in [-0.15, -0.1) is 0 Å². The molecule has 1 atom stereocenters. The van der Waals surface area contributed by atoms with Crippen LogP contribution in [0.4, 0.5) is 0 Å². The van der Waals surface area contributed by atoms with Gasteiger partial charge in [0.25, 0.3) is 0 Å². The maximum atomic E-state index is 11.3. The van der Waals surface area contributed by atoms with Gasteiger partial charge in [0, 0.05) is 26.0 Å². The van der Waals surface area contributed by atoms with Gasteiger partial charge in [-0.1, -0.05) is 13.3 Å². The molecule has 80 valence electrons. The quantitative estimate of drug-likeness (QED) is 0.658. The van der Waals surface area contributed by atoms with Crippen LogP contribution < -0.4 is 0 Å². The molecule has 1 saturated heterocycles. The number of amides is 2. The summed E-state index contributed by atoms with van der Waals surface area (Å²) >= 11 is 0. The van der Waals surface area contributed by atoms with Crippen LogP contribution >= 0.6 is 0 Å². The van der Waals surface area contributed by atoms with E-state index in [2.05, 4.69) is 0 Å². The lowest BCUT2D eigenvalue weighted by atomic mass is 10.0. The molecule has 0 aromatic carbocycles. The van der Waals surface area contributed by atoms with Crippen molar-refractivity contribution in [3.05, 3.63) is 0 Å². The number of rotatable bonds is 5. The fourth-order valence-corrected chi connectivity index (χ4v) is 1.69. The average molecular weight is 199 g/mol. The first-order valence-electron chi connectivity index (χ1n) is 5.13. The molecule has 0 radical (unpaired) electrons. The summed E-state index contributed by atoms with van der Waals surface area (Å²) < 4.78 is 0. The summed E-state index contributed by atoms with van der Waals surface area (Å²) in [7, 11) is 0. The molecular formula is C10H17NO3. The number of carbonyl (C=O) groups excluding carboxylic acids is 2. The topological polar surface area (TPSA) is 57.6 Å². The van der Waals surface area contributed by atoms with Crippen LogP contribution in [0.2, 0.25) is 0 Å². The van der Waals surface area contributed by atoms with Gasteiger partial charge in [-0.25, -0.2) is 0 Å². The van der Waals surface area contributed by atoms with Gasteiger partial charge in [0.05, 0.1) is 0 Å². The van der Waals surface area contributed by atoms with Crippen LogP contribution in [0.5, 0.6) is 0 Å². The molecule has 0 aromatic heterocycles. The highest BCUT2D eigenvalue weighted by Crippen LogP contribution is 2.17. The molecule has 0 aliphatic carbocycles. The van der Waals surface area contributed by atoms with Crippen LogP contribution in [0.3, 0.4) is 0 Å². The Labute approximate surface area is 83.9 Å². The summed E-state index contributed by atoms with van der Waals surface area (Å²) in [5, 5.41) is 8.79. The maximum Gasteiger partial charge on any atom is 0.229 e. The first-order valence-corrected chi connectivity index (χ1v) is 5.13. The number of likely N-dealkylation sites (tertiary alicyclic amines) is 1. The molecule has 2 amide bonds. The highest BCUT2D eigenvalue weighted by molar-refractivity contribution is 6.01. The largest absolute Gasteiger partial charge is 0.396 e. The smallest absolute Gasteiger partial charge is 0.229 e. The Morgan fingerprint density at radius 3 is 2.36 bits per heavy atom. The van der Waals surface area contributed by atoms with E-state index in [1.807, 2.05) is 6.92 Å². The van der Waals surface area contributed by atoms with E-state index in [-0.39, 0.29) is 24.3 Å². The molecular weight excluding hydrogens is 182 g/mol. The Morgan fingerprint density at radius 2 is 1.93 bits per heavy atom.